The van der Waals surface area contributed by atoms with Gasteiger partial charge in [-0.2, -0.15) is 0 Å². The van der Waals surface area contributed by atoms with Crippen LogP contribution in [0.2, 0.25) is 0 Å². The van der Waals surface area contributed by atoms with Crippen molar-refractivity contribution in [2.45, 2.75) is 30.4 Å². The Labute approximate surface area is 77.0 Å². The van der Waals surface area contributed by atoms with E-state index in [0.717, 1.165) is 0 Å². The van der Waals surface area contributed by atoms with Gasteiger partial charge < -0.3 is 0 Å². The lowest BCUT2D eigenvalue weighted by Gasteiger charge is -1.91. The molecule has 1 aromatic rings. The van der Waals surface area contributed by atoms with Gasteiger partial charge in [-0.3, -0.25) is 0 Å². The number of thiophene rings is 1. The van der Waals surface area contributed by atoms with Crippen molar-refractivity contribution >= 4 is 23.1 Å². The van der Waals surface area contributed by atoms with Crippen molar-refractivity contribution in [3.63, 3.8) is 0 Å². The molecule has 0 aliphatic rings. The first-order chi connectivity index (χ1) is 5.36. The number of unbranched alkanes of at least 4 members (excludes halogenated alkanes) is 1. The molecule has 0 atom stereocenters. The van der Waals surface area contributed by atoms with E-state index >= 15 is 0 Å². The maximum absolute atomic E-state index is 2.26. The first kappa shape index (κ1) is 9.14. The van der Waals surface area contributed by atoms with E-state index in [0.29, 0.717) is 0 Å². The average Bonchev–Trinajstić information content (AvgIpc) is 2.48. The molecule has 2 heteroatoms. The largest absolute Gasteiger partial charge is 0.134 e. The molecule has 1 aromatic heterocycles. The first-order valence-corrected chi connectivity index (χ1v) is 6.03. The van der Waals surface area contributed by atoms with Crippen molar-refractivity contribution in [1.29, 1.82) is 0 Å². The van der Waals surface area contributed by atoms with Crippen LogP contribution in [0.1, 0.15) is 24.6 Å². The summed E-state index contributed by atoms with van der Waals surface area (Å²) in [7, 11) is 0. The molecule has 0 aliphatic heterocycles. The minimum absolute atomic E-state index is 1.27. The summed E-state index contributed by atoms with van der Waals surface area (Å²) in [6.07, 6.45) is 6.03. The lowest BCUT2D eigenvalue weighted by atomic mass is 10.2. The molecule has 0 saturated heterocycles. The molecule has 11 heavy (non-hydrogen) atoms. The highest BCUT2D eigenvalue weighted by atomic mass is 32.2. The Kier molecular flexibility index (Phi) is 4.02. The zero-order valence-electron chi connectivity index (χ0n) is 7.09. The van der Waals surface area contributed by atoms with E-state index in [1.807, 2.05) is 23.1 Å². The summed E-state index contributed by atoms with van der Waals surface area (Å²) in [6.45, 7) is 2.24. The van der Waals surface area contributed by atoms with E-state index in [4.69, 9.17) is 0 Å². The number of hydrogen-bond donors (Lipinski definition) is 0. The fourth-order valence-electron chi connectivity index (χ4n) is 0.953. The summed E-state index contributed by atoms with van der Waals surface area (Å²) in [5.74, 6) is 0. The normalized spacial score (nSPS) is 10.4. The Hall–Kier alpha value is 0.0500. The van der Waals surface area contributed by atoms with Gasteiger partial charge in [0, 0.05) is 4.88 Å². The monoisotopic (exact) mass is 186 g/mol. The molecule has 0 unspecified atom stereocenters. The third-order valence-corrected chi connectivity index (χ3v) is 3.84. The van der Waals surface area contributed by atoms with Crippen molar-refractivity contribution in [2.24, 2.45) is 0 Å². The zero-order chi connectivity index (χ0) is 8.10. The summed E-state index contributed by atoms with van der Waals surface area (Å²) in [5.41, 5.74) is 0. The number of rotatable bonds is 4. The van der Waals surface area contributed by atoms with Gasteiger partial charge in [-0.15, -0.1) is 23.1 Å². The lowest BCUT2D eigenvalue weighted by Crippen LogP contribution is -1.76. The molecule has 1 heterocycles. The average molecular weight is 186 g/mol. The van der Waals surface area contributed by atoms with Crippen molar-refractivity contribution in [2.75, 3.05) is 6.26 Å². The maximum atomic E-state index is 2.26. The molecule has 0 aromatic carbocycles. The van der Waals surface area contributed by atoms with E-state index in [2.05, 4.69) is 25.3 Å². The van der Waals surface area contributed by atoms with Gasteiger partial charge in [-0.1, -0.05) is 13.3 Å². The minimum atomic E-state index is 1.27. The fourth-order valence-corrected chi connectivity index (χ4v) is 2.59. The van der Waals surface area contributed by atoms with Crippen molar-refractivity contribution < 1.29 is 0 Å². The van der Waals surface area contributed by atoms with Gasteiger partial charge in [0.2, 0.25) is 0 Å². The van der Waals surface area contributed by atoms with Crippen LogP contribution in [0.25, 0.3) is 0 Å². The van der Waals surface area contributed by atoms with E-state index in [1.54, 1.807) is 0 Å². The molecular weight excluding hydrogens is 172 g/mol. The number of thioether (sulfide) groups is 1. The van der Waals surface area contributed by atoms with E-state index < -0.39 is 0 Å². The number of aryl methyl sites for hydroxylation is 1. The second-order valence-electron chi connectivity index (χ2n) is 2.53. The second kappa shape index (κ2) is 4.83. The van der Waals surface area contributed by atoms with Crippen LogP contribution in [0.15, 0.2) is 16.3 Å². The summed E-state index contributed by atoms with van der Waals surface area (Å²) >= 11 is 3.78. The van der Waals surface area contributed by atoms with Gasteiger partial charge in [0.05, 0.1) is 4.21 Å². The Morgan fingerprint density at radius 1 is 1.45 bits per heavy atom. The van der Waals surface area contributed by atoms with Crippen LogP contribution in [0.4, 0.5) is 0 Å². The van der Waals surface area contributed by atoms with Gasteiger partial charge in [-0.05, 0) is 31.2 Å². The van der Waals surface area contributed by atoms with Crippen LogP contribution >= 0.6 is 23.1 Å². The van der Waals surface area contributed by atoms with Crippen LogP contribution < -0.4 is 0 Å². The molecule has 0 radical (unpaired) electrons. The van der Waals surface area contributed by atoms with E-state index in [1.165, 1.54) is 28.3 Å². The highest BCUT2D eigenvalue weighted by Gasteiger charge is 1.97. The summed E-state index contributed by atoms with van der Waals surface area (Å²) in [6, 6.07) is 4.48. The highest BCUT2D eigenvalue weighted by molar-refractivity contribution is 8.00. The van der Waals surface area contributed by atoms with Gasteiger partial charge in [0.25, 0.3) is 0 Å². The van der Waals surface area contributed by atoms with Gasteiger partial charge in [-0.25, -0.2) is 0 Å². The smallest absolute Gasteiger partial charge is 0.0598 e. The second-order valence-corrected chi connectivity index (χ2v) is 4.80. The Morgan fingerprint density at radius 2 is 2.27 bits per heavy atom. The van der Waals surface area contributed by atoms with Gasteiger partial charge in [0.15, 0.2) is 0 Å². The van der Waals surface area contributed by atoms with E-state index in [-0.39, 0.29) is 0 Å². The third kappa shape index (κ3) is 2.88. The van der Waals surface area contributed by atoms with Crippen LogP contribution in [0.3, 0.4) is 0 Å². The van der Waals surface area contributed by atoms with Gasteiger partial charge in [0.1, 0.15) is 0 Å². The molecule has 0 fully saturated rings. The highest BCUT2D eigenvalue weighted by Crippen LogP contribution is 2.25. The Morgan fingerprint density at radius 3 is 2.82 bits per heavy atom. The SMILES string of the molecule is CCCCc1ccc(SC)s1. The Bertz CT molecular complexity index is 203. The van der Waals surface area contributed by atoms with Crippen molar-refractivity contribution in [1.82, 2.24) is 0 Å². The van der Waals surface area contributed by atoms with Crippen LogP contribution in [0.5, 0.6) is 0 Å². The van der Waals surface area contributed by atoms with Crippen molar-refractivity contribution in [3.8, 4) is 0 Å². The topological polar surface area (TPSA) is 0 Å². The minimum Gasteiger partial charge on any atom is -0.134 e. The quantitative estimate of drug-likeness (QED) is 0.644. The summed E-state index contributed by atoms with van der Waals surface area (Å²) in [5, 5.41) is 0. The summed E-state index contributed by atoms with van der Waals surface area (Å²) < 4.78 is 1.44. The van der Waals surface area contributed by atoms with E-state index in [9.17, 15) is 0 Å². The fraction of sp³-hybridized carbons (Fsp3) is 0.556. The number of hydrogen-bond acceptors (Lipinski definition) is 2. The molecule has 0 amide bonds. The molecule has 1 rings (SSSR count). The standard InChI is InChI=1S/C9H14S2/c1-3-4-5-8-6-7-9(10-2)11-8/h6-7H,3-5H2,1-2H3. The molecule has 0 N–H and O–H groups in total. The molecule has 0 spiro atoms. The van der Waals surface area contributed by atoms with Crippen LogP contribution in [0, 0.1) is 0 Å². The maximum Gasteiger partial charge on any atom is 0.0598 e. The first-order valence-electron chi connectivity index (χ1n) is 3.99. The molecule has 62 valence electrons. The molecule has 0 saturated carbocycles. The molecule has 0 bridgehead atoms. The third-order valence-electron chi connectivity index (χ3n) is 1.61. The van der Waals surface area contributed by atoms with Crippen molar-refractivity contribution in [3.05, 3.63) is 17.0 Å². The van der Waals surface area contributed by atoms with Crippen LogP contribution in [-0.2, 0) is 6.42 Å². The van der Waals surface area contributed by atoms with Gasteiger partial charge >= 0.3 is 0 Å². The van der Waals surface area contributed by atoms with Crippen LogP contribution in [-0.4, -0.2) is 6.26 Å². The molecule has 0 nitrogen and oxygen atoms in total. The zero-order valence-corrected chi connectivity index (χ0v) is 8.73. The predicted molar refractivity (Wildman–Crippen MR) is 54.7 cm³/mol. The molecule has 0 aliphatic carbocycles. The lowest BCUT2D eigenvalue weighted by molar-refractivity contribution is 0.804. The molecular formula is C9H14S2. The predicted octanol–water partition coefficient (Wildman–Crippen LogP) is 3.81. The summed E-state index contributed by atoms with van der Waals surface area (Å²) in [4.78, 5) is 1.54. The Balaban J connectivity index is 2.44.